The maximum Gasteiger partial charge on any atom is 0.309 e. The summed E-state index contributed by atoms with van der Waals surface area (Å²) in [4.78, 5) is 28.6. The molecular weight excluding hydrogens is 553 g/mol. The molecule has 2 atom stereocenters. The van der Waals surface area contributed by atoms with Crippen molar-refractivity contribution in [2.24, 2.45) is 17.3 Å². The first-order valence-corrected chi connectivity index (χ1v) is 15.4. The molecule has 2 saturated heterocycles. The molecule has 0 bridgehead atoms. The number of hydrogen-bond acceptors (Lipinski definition) is 7. The fourth-order valence-corrected chi connectivity index (χ4v) is 8.01. The third-order valence-electron chi connectivity index (χ3n) is 9.04. The lowest BCUT2D eigenvalue weighted by atomic mass is 9.65. The fraction of sp³-hybridized carbons (Fsp3) is 0.552. The number of likely N-dealkylation sites (tertiary alicyclic amines) is 1. The number of aromatic nitrogens is 2. The van der Waals surface area contributed by atoms with Gasteiger partial charge in [-0.3, -0.25) is 4.79 Å². The van der Waals surface area contributed by atoms with E-state index in [-0.39, 0.29) is 6.04 Å². The second-order valence-corrected chi connectivity index (χ2v) is 14.0. The van der Waals surface area contributed by atoms with Gasteiger partial charge in [-0.1, -0.05) is 29.3 Å². The van der Waals surface area contributed by atoms with E-state index in [0.717, 1.165) is 66.6 Å². The van der Waals surface area contributed by atoms with Crippen LogP contribution in [0.2, 0.25) is 10.0 Å². The highest BCUT2D eigenvalue weighted by atomic mass is 35.5. The third-order valence-corrected chi connectivity index (χ3v) is 10.5. The van der Waals surface area contributed by atoms with Crippen molar-refractivity contribution in [1.82, 2.24) is 14.9 Å². The number of aryl methyl sites for hydroxylation is 1. The van der Waals surface area contributed by atoms with E-state index in [1.165, 1.54) is 17.7 Å². The lowest BCUT2D eigenvalue weighted by Crippen LogP contribution is -2.58. The normalized spacial score (nSPS) is 26.7. The summed E-state index contributed by atoms with van der Waals surface area (Å²) < 4.78 is 0. The molecule has 3 fully saturated rings. The van der Waals surface area contributed by atoms with Crippen LogP contribution in [0.4, 0.5) is 11.8 Å². The van der Waals surface area contributed by atoms with E-state index in [1.54, 1.807) is 17.4 Å². The number of fused-ring (bicyclic) bond motifs is 1. The van der Waals surface area contributed by atoms with Crippen molar-refractivity contribution in [1.29, 1.82) is 0 Å². The first-order chi connectivity index (χ1) is 18.6. The van der Waals surface area contributed by atoms with Crippen molar-refractivity contribution in [2.75, 3.05) is 36.4 Å². The molecule has 3 aliphatic rings. The van der Waals surface area contributed by atoms with Gasteiger partial charge in [0.05, 0.1) is 16.8 Å². The molecule has 7 nitrogen and oxygen atoms in total. The number of nitrogens with one attached hydrogen (secondary N) is 1. The predicted molar refractivity (Wildman–Crippen MR) is 159 cm³/mol. The number of carbonyl (C=O) groups is 1. The van der Waals surface area contributed by atoms with Gasteiger partial charge in [-0.05, 0) is 88.6 Å². The largest absolute Gasteiger partial charge is 0.481 e. The molecule has 1 aliphatic carbocycles. The van der Waals surface area contributed by atoms with Gasteiger partial charge in [0.25, 0.3) is 0 Å². The zero-order chi connectivity index (χ0) is 27.5. The molecule has 0 radical (unpaired) electrons. The van der Waals surface area contributed by atoms with Crippen molar-refractivity contribution >= 4 is 62.5 Å². The van der Waals surface area contributed by atoms with Crippen LogP contribution in [-0.2, 0) is 4.79 Å². The number of benzene rings is 1. The molecule has 10 heteroatoms. The zero-order valence-corrected chi connectivity index (χ0v) is 24.9. The Bertz CT molecular complexity index is 1400. The summed E-state index contributed by atoms with van der Waals surface area (Å²) in [5, 5.41) is 15.4. The van der Waals surface area contributed by atoms with Crippen molar-refractivity contribution in [3.63, 3.8) is 0 Å². The van der Waals surface area contributed by atoms with Gasteiger partial charge in [0.2, 0.25) is 5.95 Å². The van der Waals surface area contributed by atoms with E-state index in [9.17, 15) is 9.90 Å². The van der Waals surface area contributed by atoms with Crippen LogP contribution >= 0.6 is 34.5 Å². The van der Waals surface area contributed by atoms with Gasteiger partial charge in [-0.2, -0.15) is 4.98 Å². The van der Waals surface area contributed by atoms with Crippen LogP contribution in [0.1, 0.15) is 56.0 Å². The summed E-state index contributed by atoms with van der Waals surface area (Å²) in [7, 11) is 0. The summed E-state index contributed by atoms with van der Waals surface area (Å²) in [5.41, 5.74) is 0.436. The molecule has 1 saturated carbocycles. The molecule has 2 aliphatic heterocycles. The summed E-state index contributed by atoms with van der Waals surface area (Å²) in [6.07, 6.45) is 3.98. The first kappa shape index (κ1) is 27.1. The topological polar surface area (TPSA) is 81.6 Å². The second kappa shape index (κ2) is 10.4. The molecule has 2 aromatic heterocycles. The van der Waals surface area contributed by atoms with Crippen LogP contribution in [-0.4, -0.2) is 58.2 Å². The van der Waals surface area contributed by atoms with E-state index < -0.39 is 11.4 Å². The van der Waals surface area contributed by atoms with Crippen molar-refractivity contribution in [3.8, 4) is 0 Å². The number of rotatable bonds is 7. The number of carboxylic acid groups (broad SMARTS) is 1. The fourth-order valence-electron chi connectivity index (χ4n) is 6.56. The average Bonchev–Trinajstić information content (AvgIpc) is 3.21. The van der Waals surface area contributed by atoms with Gasteiger partial charge < -0.3 is 20.2 Å². The van der Waals surface area contributed by atoms with Crippen molar-refractivity contribution < 1.29 is 9.90 Å². The Morgan fingerprint density at radius 3 is 2.67 bits per heavy atom. The Morgan fingerprint density at radius 1 is 1.18 bits per heavy atom. The highest BCUT2D eigenvalue weighted by molar-refractivity contribution is 7.18. The van der Waals surface area contributed by atoms with Gasteiger partial charge in [0.15, 0.2) is 0 Å². The highest BCUT2D eigenvalue weighted by Gasteiger charge is 2.49. The molecule has 39 heavy (non-hydrogen) atoms. The van der Waals surface area contributed by atoms with E-state index in [4.69, 9.17) is 33.2 Å². The Labute approximate surface area is 243 Å². The number of halogens is 2. The number of hydrogen-bond donors (Lipinski definition) is 2. The summed E-state index contributed by atoms with van der Waals surface area (Å²) >= 11 is 14.3. The Hall–Kier alpha value is -2.13. The standard InChI is InChI=1S/C29H35Cl2N5O2S/c1-16-9-23-25(32-17(2)22-7-6-20(30)10-24(22)31)33-28(34-26(23)39-16)36-14-19(15-36)18-5-4-8-35(13-18)21-11-29(3,12-21)27(37)38/h6-7,9-10,17-19,21H,4-5,8,11-15H2,1-3H3,(H,37,38)(H,32,33,34)/t17-,18+,21?,29?/m1/s1. The van der Waals surface area contributed by atoms with Crippen LogP contribution < -0.4 is 10.2 Å². The van der Waals surface area contributed by atoms with E-state index >= 15 is 0 Å². The molecule has 4 heterocycles. The summed E-state index contributed by atoms with van der Waals surface area (Å²) in [6.45, 7) is 10.2. The Morgan fingerprint density at radius 2 is 1.95 bits per heavy atom. The molecule has 6 rings (SSSR count). The number of carboxylic acids is 1. The van der Waals surface area contributed by atoms with Gasteiger partial charge in [0.1, 0.15) is 10.6 Å². The number of aliphatic carboxylic acids is 1. The van der Waals surface area contributed by atoms with E-state index in [0.29, 0.717) is 27.9 Å². The lowest BCUT2D eigenvalue weighted by Gasteiger charge is -2.52. The van der Waals surface area contributed by atoms with Gasteiger partial charge in [-0.15, -0.1) is 11.3 Å². The number of nitrogens with zero attached hydrogens (tertiary/aromatic N) is 4. The first-order valence-electron chi connectivity index (χ1n) is 13.8. The molecule has 0 amide bonds. The number of anilines is 2. The van der Waals surface area contributed by atoms with Crippen LogP contribution in [0.5, 0.6) is 0 Å². The molecule has 2 N–H and O–H groups in total. The van der Waals surface area contributed by atoms with Crippen molar-refractivity contribution in [3.05, 3.63) is 44.8 Å². The van der Waals surface area contributed by atoms with Gasteiger partial charge in [-0.25, -0.2) is 4.98 Å². The monoisotopic (exact) mass is 587 g/mol. The summed E-state index contributed by atoms with van der Waals surface area (Å²) in [6, 6.07) is 8.11. The molecule has 0 unspecified atom stereocenters. The van der Waals surface area contributed by atoms with Crippen LogP contribution in [0.15, 0.2) is 24.3 Å². The molecular formula is C29H35Cl2N5O2S. The van der Waals surface area contributed by atoms with Crippen LogP contribution in [0.3, 0.4) is 0 Å². The van der Waals surface area contributed by atoms with Gasteiger partial charge >= 0.3 is 5.97 Å². The number of piperidine rings is 1. The van der Waals surface area contributed by atoms with Gasteiger partial charge in [0, 0.05) is 40.6 Å². The zero-order valence-electron chi connectivity index (χ0n) is 22.6. The van der Waals surface area contributed by atoms with Crippen molar-refractivity contribution in [2.45, 2.75) is 58.5 Å². The molecule has 1 aromatic carbocycles. The molecule has 0 spiro atoms. The second-order valence-electron chi connectivity index (χ2n) is 12.0. The minimum Gasteiger partial charge on any atom is -0.481 e. The Kier molecular flexibility index (Phi) is 7.19. The SMILES string of the molecule is Cc1cc2c(N[C@H](C)c3ccc(Cl)cc3Cl)nc(N3CC([C@H]4CCCN(C5CC(C)(C(=O)O)C5)C4)C3)nc2s1. The number of thiophene rings is 1. The minimum atomic E-state index is -0.653. The molecule has 3 aromatic rings. The lowest BCUT2D eigenvalue weighted by molar-refractivity contribution is -0.158. The quantitative estimate of drug-likeness (QED) is 0.311. The van der Waals surface area contributed by atoms with E-state index in [2.05, 4.69) is 35.0 Å². The van der Waals surface area contributed by atoms with E-state index in [1.807, 2.05) is 19.1 Å². The maximum atomic E-state index is 11.5. The summed E-state index contributed by atoms with van der Waals surface area (Å²) in [5.74, 6) is 2.22. The third kappa shape index (κ3) is 5.21. The average molecular weight is 589 g/mol. The smallest absolute Gasteiger partial charge is 0.309 e. The molecule has 208 valence electrons. The highest BCUT2D eigenvalue weighted by Crippen LogP contribution is 2.45. The van der Waals surface area contributed by atoms with Crippen LogP contribution in [0, 0.1) is 24.2 Å². The minimum absolute atomic E-state index is 0.0484. The van der Waals surface area contributed by atoms with Crippen LogP contribution in [0.25, 0.3) is 10.2 Å². The predicted octanol–water partition coefficient (Wildman–Crippen LogP) is 6.88. The Balaban J connectivity index is 1.13. The maximum absolute atomic E-state index is 11.5.